The van der Waals surface area contributed by atoms with E-state index in [-0.39, 0.29) is 5.65 Å². The van der Waals surface area contributed by atoms with E-state index >= 15 is 0 Å². The number of H-pyrrole nitrogens is 1. The van der Waals surface area contributed by atoms with Gasteiger partial charge in [0.05, 0.1) is 6.33 Å². The van der Waals surface area contributed by atoms with Crippen LogP contribution in [0, 0.1) is 0 Å². The molecule has 0 saturated heterocycles. The molecule has 0 aliphatic heterocycles. The molecule has 0 amide bonds. The van der Waals surface area contributed by atoms with Crippen molar-refractivity contribution in [2.75, 3.05) is 12.4 Å². The summed E-state index contributed by atoms with van der Waals surface area (Å²) in [6.07, 6.45) is 1.40. The summed E-state index contributed by atoms with van der Waals surface area (Å²) in [6, 6.07) is 0. The molecule has 0 spiro atoms. The molecule has 2 heterocycles. The fourth-order valence-electron chi connectivity index (χ4n) is 1.12. The minimum Gasteiger partial charge on any atom is -0.371 e. The van der Waals surface area contributed by atoms with Crippen LogP contribution in [-0.4, -0.2) is 35.4 Å². The maximum atomic E-state index is 11.1. The minimum atomic E-state index is -3.92. The lowest BCUT2D eigenvalue weighted by atomic mass is 10.5. The average Bonchev–Trinajstić information content (AvgIpc) is 2.62. The van der Waals surface area contributed by atoms with Gasteiger partial charge in [0.25, 0.3) is 15.2 Å². The van der Waals surface area contributed by atoms with Crippen LogP contribution in [0.15, 0.2) is 11.5 Å². The maximum Gasteiger partial charge on any atom is 0.273 e. The molecule has 2 rings (SSSR count). The molecular formula is C6H8N6O2S. The predicted octanol–water partition coefficient (Wildman–Crippen LogP) is -0.958. The number of hydrogen-bond acceptors (Lipinski definition) is 6. The zero-order chi connectivity index (χ0) is 11.1. The molecule has 0 aliphatic carbocycles. The van der Waals surface area contributed by atoms with E-state index in [1.807, 2.05) is 0 Å². The molecule has 0 bridgehead atoms. The van der Waals surface area contributed by atoms with Crippen LogP contribution in [0.2, 0.25) is 0 Å². The summed E-state index contributed by atoms with van der Waals surface area (Å²) in [5, 5.41) is 7.20. The van der Waals surface area contributed by atoms with Crippen LogP contribution in [0.1, 0.15) is 0 Å². The summed E-state index contributed by atoms with van der Waals surface area (Å²) in [6.45, 7) is 0. The second-order valence-corrected chi connectivity index (χ2v) is 4.21. The first-order chi connectivity index (χ1) is 7.02. The second-order valence-electron chi connectivity index (χ2n) is 2.75. The highest BCUT2D eigenvalue weighted by atomic mass is 32.2. The third-order valence-corrected chi connectivity index (χ3v) is 2.45. The van der Waals surface area contributed by atoms with Crippen molar-refractivity contribution < 1.29 is 8.42 Å². The highest BCUT2D eigenvalue weighted by Gasteiger charge is 2.16. The standard InChI is InChI=1S/C6H8N6O2S/c1-8-4-3-5(10-2-9-3)12-6(11-4)15(7,13)14/h2H,1H3,(H2,7,13,14)(H2,8,9,10,11,12). The number of nitrogens with one attached hydrogen (secondary N) is 2. The molecule has 9 heteroatoms. The Morgan fingerprint density at radius 3 is 2.80 bits per heavy atom. The molecule has 0 saturated carbocycles. The molecule has 80 valence electrons. The average molecular weight is 228 g/mol. The van der Waals surface area contributed by atoms with Gasteiger partial charge in [0.1, 0.15) is 5.52 Å². The van der Waals surface area contributed by atoms with Crippen molar-refractivity contribution in [2.24, 2.45) is 5.14 Å². The lowest BCUT2D eigenvalue weighted by Gasteiger charge is -2.02. The van der Waals surface area contributed by atoms with Crippen LogP contribution in [-0.2, 0) is 10.0 Å². The summed E-state index contributed by atoms with van der Waals surface area (Å²) in [5.41, 5.74) is 0.781. The van der Waals surface area contributed by atoms with Crippen LogP contribution < -0.4 is 10.5 Å². The predicted molar refractivity (Wildman–Crippen MR) is 52.6 cm³/mol. The van der Waals surface area contributed by atoms with E-state index in [9.17, 15) is 8.42 Å². The number of hydrogen-bond donors (Lipinski definition) is 3. The van der Waals surface area contributed by atoms with Gasteiger partial charge in [0.2, 0.25) is 0 Å². The monoisotopic (exact) mass is 228 g/mol. The maximum absolute atomic E-state index is 11.1. The van der Waals surface area contributed by atoms with Crippen LogP contribution in [0.4, 0.5) is 5.82 Å². The lowest BCUT2D eigenvalue weighted by Crippen LogP contribution is -2.16. The molecule has 0 unspecified atom stereocenters. The summed E-state index contributed by atoms with van der Waals surface area (Å²) in [5.74, 6) is 0.335. The Hall–Kier alpha value is -1.74. The Kier molecular flexibility index (Phi) is 2.05. The van der Waals surface area contributed by atoms with Crippen molar-refractivity contribution in [3.8, 4) is 0 Å². The van der Waals surface area contributed by atoms with Gasteiger partial charge in [0, 0.05) is 7.05 Å². The molecule has 0 radical (unpaired) electrons. The number of imidazole rings is 1. The number of nitrogens with zero attached hydrogens (tertiary/aromatic N) is 3. The minimum absolute atomic E-state index is 0.248. The number of aromatic nitrogens is 4. The number of fused-ring (bicyclic) bond motifs is 1. The molecule has 2 aromatic heterocycles. The molecule has 0 fully saturated rings. The van der Waals surface area contributed by atoms with E-state index in [1.54, 1.807) is 7.05 Å². The Morgan fingerprint density at radius 2 is 2.20 bits per heavy atom. The first-order valence-electron chi connectivity index (χ1n) is 3.94. The summed E-state index contributed by atoms with van der Waals surface area (Å²) in [4.78, 5) is 14.1. The van der Waals surface area contributed by atoms with Gasteiger partial charge in [-0.25, -0.2) is 18.5 Å². The smallest absolute Gasteiger partial charge is 0.273 e. The molecule has 2 aromatic rings. The van der Waals surface area contributed by atoms with E-state index in [0.717, 1.165) is 0 Å². The van der Waals surface area contributed by atoms with E-state index in [0.29, 0.717) is 11.3 Å². The van der Waals surface area contributed by atoms with E-state index < -0.39 is 15.2 Å². The number of nitrogens with two attached hydrogens (primary N) is 1. The molecule has 4 N–H and O–H groups in total. The molecule has 15 heavy (non-hydrogen) atoms. The molecule has 0 atom stereocenters. The summed E-state index contributed by atoms with van der Waals surface area (Å²) in [7, 11) is -2.31. The van der Waals surface area contributed by atoms with Crippen LogP contribution in [0.5, 0.6) is 0 Å². The Balaban J connectivity index is 2.80. The number of sulfonamides is 1. The van der Waals surface area contributed by atoms with Crippen LogP contribution >= 0.6 is 0 Å². The van der Waals surface area contributed by atoms with Crippen molar-refractivity contribution in [3.05, 3.63) is 6.33 Å². The van der Waals surface area contributed by atoms with Crippen molar-refractivity contribution in [1.29, 1.82) is 0 Å². The quantitative estimate of drug-likeness (QED) is 0.568. The summed E-state index contributed by atoms with van der Waals surface area (Å²) < 4.78 is 22.1. The largest absolute Gasteiger partial charge is 0.371 e. The highest BCUT2D eigenvalue weighted by Crippen LogP contribution is 2.16. The first-order valence-corrected chi connectivity index (χ1v) is 5.48. The van der Waals surface area contributed by atoms with Crippen molar-refractivity contribution in [1.82, 2.24) is 19.9 Å². The molecule has 0 aromatic carbocycles. The van der Waals surface area contributed by atoms with Crippen molar-refractivity contribution in [2.45, 2.75) is 5.16 Å². The molecule has 0 aliphatic rings. The van der Waals surface area contributed by atoms with Gasteiger partial charge < -0.3 is 10.3 Å². The summed E-state index contributed by atoms with van der Waals surface area (Å²) >= 11 is 0. The van der Waals surface area contributed by atoms with Crippen LogP contribution in [0.25, 0.3) is 11.2 Å². The number of primary sulfonamides is 1. The Morgan fingerprint density at radius 1 is 1.47 bits per heavy atom. The highest BCUT2D eigenvalue weighted by molar-refractivity contribution is 7.89. The fourth-order valence-corrected chi connectivity index (χ4v) is 1.55. The normalized spacial score (nSPS) is 11.9. The van der Waals surface area contributed by atoms with Gasteiger partial charge in [-0.05, 0) is 0 Å². The van der Waals surface area contributed by atoms with Gasteiger partial charge in [0.15, 0.2) is 11.5 Å². The molecular weight excluding hydrogens is 220 g/mol. The van der Waals surface area contributed by atoms with Gasteiger partial charge in [-0.2, -0.15) is 9.97 Å². The topological polar surface area (TPSA) is 127 Å². The lowest BCUT2D eigenvalue weighted by molar-refractivity contribution is 0.589. The van der Waals surface area contributed by atoms with Gasteiger partial charge in [-0.3, -0.25) is 0 Å². The second kappa shape index (κ2) is 3.14. The third kappa shape index (κ3) is 1.62. The fraction of sp³-hybridized carbons (Fsp3) is 0.167. The number of aromatic amines is 1. The number of rotatable bonds is 2. The van der Waals surface area contributed by atoms with Gasteiger partial charge >= 0.3 is 0 Å². The number of anilines is 1. The zero-order valence-corrected chi connectivity index (χ0v) is 8.54. The van der Waals surface area contributed by atoms with E-state index in [2.05, 4.69) is 25.3 Å². The van der Waals surface area contributed by atoms with Gasteiger partial charge in [-0.1, -0.05) is 0 Å². The van der Waals surface area contributed by atoms with Crippen LogP contribution in [0.3, 0.4) is 0 Å². The zero-order valence-electron chi connectivity index (χ0n) is 7.72. The third-order valence-electron chi connectivity index (χ3n) is 1.76. The Labute approximate surface area is 85.0 Å². The first kappa shape index (κ1) is 9.80. The van der Waals surface area contributed by atoms with E-state index in [4.69, 9.17) is 5.14 Å². The van der Waals surface area contributed by atoms with Gasteiger partial charge in [-0.15, -0.1) is 0 Å². The van der Waals surface area contributed by atoms with Crippen molar-refractivity contribution in [3.63, 3.8) is 0 Å². The Bertz CT molecular complexity index is 603. The van der Waals surface area contributed by atoms with E-state index in [1.165, 1.54) is 6.33 Å². The molecule has 8 nitrogen and oxygen atoms in total. The van der Waals surface area contributed by atoms with Crippen molar-refractivity contribution >= 4 is 27.0 Å². The SMILES string of the molecule is CNc1nc(S(N)(=O)=O)nc2nc[nH]c12.